The largest absolute Gasteiger partial charge is 0.336 e. The van der Waals surface area contributed by atoms with Crippen LogP contribution in [-0.4, -0.2) is 19.1 Å². The predicted octanol–water partition coefficient (Wildman–Crippen LogP) is 0.703. The first-order valence-corrected chi connectivity index (χ1v) is 5.65. The van der Waals surface area contributed by atoms with Gasteiger partial charge in [0.05, 0.1) is 0 Å². The predicted molar refractivity (Wildman–Crippen MR) is 65.3 cm³/mol. The number of nitrogens with one attached hydrogen (secondary N) is 1. The van der Waals surface area contributed by atoms with Gasteiger partial charge in [-0.2, -0.15) is 0 Å². The lowest BCUT2D eigenvalue weighted by atomic mass is 10.2. The van der Waals surface area contributed by atoms with E-state index < -0.39 is 0 Å². The molecule has 0 aliphatic rings. The minimum atomic E-state index is -0.329. The van der Waals surface area contributed by atoms with Crippen LogP contribution in [0.15, 0.2) is 9.59 Å². The Balaban J connectivity index is 3.00. The zero-order valence-corrected chi connectivity index (χ0v) is 10.4. The number of aromatic amines is 1. The van der Waals surface area contributed by atoms with Gasteiger partial charge < -0.3 is 4.98 Å². The Morgan fingerprint density at radius 2 is 2.06 bits per heavy atom. The lowest BCUT2D eigenvalue weighted by Gasteiger charge is -2.14. The summed E-state index contributed by atoms with van der Waals surface area (Å²) in [7, 11) is 1.49. The van der Waals surface area contributed by atoms with E-state index in [2.05, 4.69) is 9.97 Å². The van der Waals surface area contributed by atoms with Crippen molar-refractivity contribution >= 4 is 11.2 Å². The molecule has 0 aliphatic heterocycles. The van der Waals surface area contributed by atoms with Crippen LogP contribution in [0.1, 0.15) is 32.1 Å². The first kappa shape index (κ1) is 11.6. The minimum Gasteiger partial charge on any atom is -0.336 e. The van der Waals surface area contributed by atoms with E-state index in [9.17, 15) is 9.59 Å². The van der Waals surface area contributed by atoms with Crippen molar-refractivity contribution in [2.75, 3.05) is 0 Å². The molecule has 6 nitrogen and oxygen atoms in total. The second-order valence-electron chi connectivity index (χ2n) is 4.29. The first-order chi connectivity index (χ1) is 7.97. The third-order valence-electron chi connectivity index (χ3n) is 3.07. The highest BCUT2D eigenvalue weighted by atomic mass is 16.2. The van der Waals surface area contributed by atoms with Gasteiger partial charge in [0.25, 0.3) is 5.56 Å². The Kier molecular flexibility index (Phi) is 2.65. The monoisotopic (exact) mass is 236 g/mol. The summed E-state index contributed by atoms with van der Waals surface area (Å²) < 4.78 is 2.69. The number of aryl methyl sites for hydroxylation is 1. The summed E-state index contributed by atoms with van der Waals surface area (Å²) in [6.07, 6.45) is 0.805. The van der Waals surface area contributed by atoms with E-state index >= 15 is 0 Å². The van der Waals surface area contributed by atoms with Crippen molar-refractivity contribution in [1.29, 1.82) is 0 Å². The smallest absolute Gasteiger partial charge is 0.332 e. The molecule has 2 heterocycles. The highest BCUT2D eigenvalue weighted by Gasteiger charge is 2.17. The van der Waals surface area contributed by atoms with E-state index in [1.54, 1.807) is 11.5 Å². The van der Waals surface area contributed by atoms with Crippen LogP contribution >= 0.6 is 0 Å². The third kappa shape index (κ3) is 1.60. The van der Waals surface area contributed by atoms with E-state index in [1.165, 1.54) is 7.05 Å². The zero-order chi connectivity index (χ0) is 12.7. The van der Waals surface area contributed by atoms with Gasteiger partial charge in [-0.05, 0) is 20.3 Å². The number of H-pyrrole nitrogens is 1. The molecule has 0 saturated heterocycles. The average molecular weight is 236 g/mol. The van der Waals surface area contributed by atoms with E-state index in [-0.39, 0.29) is 17.3 Å². The van der Waals surface area contributed by atoms with Crippen LogP contribution in [0.2, 0.25) is 0 Å². The van der Waals surface area contributed by atoms with Gasteiger partial charge in [0.1, 0.15) is 11.3 Å². The Hall–Kier alpha value is -1.85. The molecule has 0 fully saturated rings. The summed E-state index contributed by atoms with van der Waals surface area (Å²) in [6, 6.07) is 0.0134. The third-order valence-corrected chi connectivity index (χ3v) is 3.07. The van der Waals surface area contributed by atoms with Gasteiger partial charge in [-0.1, -0.05) is 6.92 Å². The molecule has 0 spiro atoms. The van der Waals surface area contributed by atoms with Crippen LogP contribution in [0.3, 0.4) is 0 Å². The van der Waals surface area contributed by atoms with Crippen molar-refractivity contribution in [2.45, 2.75) is 33.2 Å². The van der Waals surface area contributed by atoms with Crippen molar-refractivity contribution in [3.63, 3.8) is 0 Å². The number of imidazole rings is 1. The maximum Gasteiger partial charge on any atom is 0.332 e. The normalized spacial score (nSPS) is 13.2. The summed E-state index contributed by atoms with van der Waals surface area (Å²) in [5.74, 6) is 0.639. The number of rotatable bonds is 2. The first-order valence-electron chi connectivity index (χ1n) is 5.65. The van der Waals surface area contributed by atoms with Gasteiger partial charge in [0.15, 0.2) is 5.65 Å². The lowest BCUT2D eigenvalue weighted by molar-refractivity contribution is 0.500. The fourth-order valence-electron chi connectivity index (χ4n) is 1.89. The summed E-state index contributed by atoms with van der Waals surface area (Å²) in [4.78, 5) is 31.1. The lowest BCUT2D eigenvalue weighted by Crippen LogP contribution is -2.39. The highest BCUT2D eigenvalue weighted by molar-refractivity contribution is 5.69. The number of hydrogen-bond acceptors (Lipinski definition) is 3. The number of hydrogen-bond donors (Lipinski definition) is 1. The SMILES string of the molecule is CCC(C)n1c(=O)n(C)c(=O)c2[nH]c(C)nc21. The summed E-state index contributed by atoms with van der Waals surface area (Å²) in [6.45, 7) is 5.70. The summed E-state index contributed by atoms with van der Waals surface area (Å²) in [5.41, 5.74) is 0.198. The molecule has 2 rings (SSSR count). The second kappa shape index (κ2) is 3.87. The van der Waals surface area contributed by atoms with Crippen LogP contribution in [-0.2, 0) is 7.05 Å². The van der Waals surface area contributed by atoms with Gasteiger partial charge in [0, 0.05) is 13.1 Å². The van der Waals surface area contributed by atoms with Crippen LogP contribution in [0.25, 0.3) is 11.2 Å². The number of nitrogens with zero attached hydrogens (tertiary/aromatic N) is 3. The molecule has 0 saturated carbocycles. The van der Waals surface area contributed by atoms with Crippen LogP contribution < -0.4 is 11.2 Å². The molecule has 0 amide bonds. The van der Waals surface area contributed by atoms with Gasteiger partial charge in [-0.15, -0.1) is 0 Å². The topological polar surface area (TPSA) is 72.7 Å². The molecule has 1 atom stereocenters. The van der Waals surface area contributed by atoms with Crippen LogP contribution in [0.4, 0.5) is 0 Å². The van der Waals surface area contributed by atoms with Crippen molar-refractivity contribution in [3.8, 4) is 0 Å². The Labute approximate surface area is 97.9 Å². The van der Waals surface area contributed by atoms with Crippen LogP contribution in [0, 0.1) is 6.92 Å². The zero-order valence-electron chi connectivity index (χ0n) is 10.4. The van der Waals surface area contributed by atoms with E-state index in [1.807, 2.05) is 13.8 Å². The molecule has 1 N–H and O–H groups in total. The molecule has 0 aliphatic carbocycles. The highest BCUT2D eigenvalue weighted by Crippen LogP contribution is 2.13. The molecule has 0 bridgehead atoms. The maximum absolute atomic E-state index is 12.1. The minimum absolute atomic E-state index is 0.0134. The van der Waals surface area contributed by atoms with Crippen molar-refractivity contribution in [3.05, 3.63) is 26.7 Å². The van der Waals surface area contributed by atoms with Crippen LogP contribution in [0.5, 0.6) is 0 Å². The molecule has 2 aromatic rings. The van der Waals surface area contributed by atoms with Gasteiger partial charge in [0.2, 0.25) is 0 Å². The maximum atomic E-state index is 12.1. The number of fused-ring (bicyclic) bond motifs is 1. The number of aromatic nitrogens is 4. The van der Waals surface area contributed by atoms with Crippen molar-refractivity contribution in [1.82, 2.24) is 19.1 Å². The molecule has 2 aromatic heterocycles. The standard InChI is InChI=1S/C11H16N4O2/c1-5-6(2)15-9-8(12-7(3)13-9)10(16)14(4)11(15)17/h6H,5H2,1-4H3,(H,12,13). The molecule has 6 heteroatoms. The second-order valence-corrected chi connectivity index (χ2v) is 4.29. The van der Waals surface area contributed by atoms with E-state index in [0.29, 0.717) is 17.0 Å². The Morgan fingerprint density at radius 1 is 1.41 bits per heavy atom. The van der Waals surface area contributed by atoms with E-state index in [4.69, 9.17) is 0 Å². The molecule has 0 radical (unpaired) electrons. The molecule has 17 heavy (non-hydrogen) atoms. The van der Waals surface area contributed by atoms with Gasteiger partial charge in [-0.3, -0.25) is 13.9 Å². The Bertz CT molecular complexity index is 677. The van der Waals surface area contributed by atoms with E-state index in [0.717, 1.165) is 11.0 Å². The fraction of sp³-hybridized carbons (Fsp3) is 0.545. The fourth-order valence-corrected chi connectivity index (χ4v) is 1.89. The van der Waals surface area contributed by atoms with Gasteiger partial charge in [-0.25, -0.2) is 9.78 Å². The molecular formula is C11H16N4O2. The molecule has 1 unspecified atom stereocenters. The quantitative estimate of drug-likeness (QED) is 0.834. The summed E-state index contributed by atoms with van der Waals surface area (Å²) in [5, 5.41) is 0. The van der Waals surface area contributed by atoms with Crippen molar-refractivity contribution in [2.24, 2.45) is 7.05 Å². The summed E-state index contributed by atoms with van der Waals surface area (Å²) >= 11 is 0. The molecule has 0 aromatic carbocycles. The Morgan fingerprint density at radius 3 is 2.65 bits per heavy atom. The van der Waals surface area contributed by atoms with Gasteiger partial charge >= 0.3 is 5.69 Å². The average Bonchev–Trinajstić information content (AvgIpc) is 2.68. The molecule has 92 valence electrons. The van der Waals surface area contributed by atoms with Crippen molar-refractivity contribution < 1.29 is 0 Å². The molecular weight excluding hydrogens is 220 g/mol.